The SMILES string of the molecule is Cc1csc(C(C)NC(=O)C(N)C(C)(C)C)n1. The minimum atomic E-state index is -0.508. The number of aryl methyl sites for hydroxylation is 1. The van der Waals surface area contributed by atoms with E-state index in [-0.39, 0.29) is 17.4 Å². The summed E-state index contributed by atoms with van der Waals surface area (Å²) in [5.41, 5.74) is 6.64. The highest BCUT2D eigenvalue weighted by Gasteiger charge is 2.28. The Kier molecular flexibility index (Phi) is 4.27. The summed E-state index contributed by atoms with van der Waals surface area (Å²) in [7, 11) is 0. The molecular formula is C12H21N3OS. The lowest BCUT2D eigenvalue weighted by atomic mass is 9.87. The third-order valence-corrected chi connectivity index (χ3v) is 3.73. The number of rotatable bonds is 3. The van der Waals surface area contributed by atoms with E-state index in [4.69, 9.17) is 5.73 Å². The number of carbonyl (C=O) groups excluding carboxylic acids is 1. The lowest BCUT2D eigenvalue weighted by Gasteiger charge is -2.27. The number of hydrogen-bond acceptors (Lipinski definition) is 4. The van der Waals surface area contributed by atoms with Crippen molar-refractivity contribution in [3.63, 3.8) is 0 Å². The zero-order valence-corrected chi connectivity index (χ0v) is 11.9. The first-order valence-corrected chi connectivity index (χ1v) is 6.57. The van der Waals surface area contributed by atoms with Gasteiger partial charge in [0.25, 0.3) is 0 Å². The summed E-state index contributed by atoms with van der Waals surface area (Å²) < 4.78 is 0. The van der Waals surface area contributed by atoms with E-state index in [0.717, 1.165) is 10.7 Å². The van der Waals surface area contributed by atoms with Gasteiger partial charge in [-0.2, -0.15) is 0 Å². The number of nitrogens with two attached hydrogens (primary N) is 1. The lowest BCUT2D eigenvalue weighted by molar-refractivity contribution is -0.125. The van der Waals surface area contributed by atoms with Crippen LogP contribution in [0.2, 0.25) is 0 Å². The van der Waals surface area contributed by atoms with E-state index in [9.17, 15) is 4.79 Å². The molecule has 0 fully saturated rings. The van der Waals surface area contributed by atoms with Gasteiger partial charge in [0, 0.05) is 11.1 Å². The van der Waals surface area contributed by atoms with Gasteiger partial charge in [0.05, 0.1) is 12.1 Å². The van der Waals surface area contributed by atoms with Crippen molar-refractivity contribution >= 4 is 17.2 Å². The summed E-state index contributed by atoms with van der Waals surface area (Å²) >= 11 is 1.55. The van der Waals surface area contributed by atoms with Gasteiger partial charge in [0.2, 0.25) is 5.91 Å². The van der Waals surface area contributed by atoms with E-state index in [1.807, 2.05) is 40.0 Å². The number of amides is 1. The molecule has 2 unspecified atom stereocenters. The minimum absolute atomic E-state index is 0.0883. The number of hydrogen-bond donors (Lipinski definition) is 2. The zero-order chi connectivity index (χ0) is 13.2. The average molecular weight is 255 g/mol. The van der Waals surface area contributed by atoms with Gasteiger partial charge in [-0.3, -0.25) is 4.79 Å². The zero-order valence-electron chi connectivity index (χ0n) is 11.1. The van der Waals surface area contributed by atoms with Gasteiger partial charge in [-0.1, -0.05) is 20.8 Å². The summed E-state index contributed by atoms with van der Waals surface area (Å²) in [6, 6.07) is -0.597. The van der Waals surface area contributed by atoms with Crippen LogP contribution in [0.4, 0.5) is 0 Å². The molecule has 3 N–H and O–H groups in total. The Hall–Kier alpha value is -0.940. The monoisotopic (exact) mass is 255 g/mol. The van der Waals surface area contributed by atoms with Crippen LogP contribution in [0.1, 0.15) is 44.4 Å². The summed E-state index contributed by atoms with van der Waals surface area (Å²) in [6.45, 7) is 9.72. The van der Waals surface area contributed by atoms with Crippen LogP contribution in [0, 0.1) is 12.3 Å². The fraction of sp³-hybridized carbons (Fsp3) is 0.667. The van der Waals surface area contributed by atoms with Gasteiger partial charge in [-0.15, -0.1) is 11.3 Å². The van der Waals surface area contributed by atoms with Crippen molar-refractivity contribution in [2.45, 2.75) is 46.7 Å². The van der Waals surface area contributed by atoms with Gasteiger partial charge in [-0.05, 0) is 19.3 Å². The largest absolute Gasteiger partial charge is 0.346 e. The normalized spacial score (nSPS) is 15.4. The first kappa shape index (κ1) is 14.1. The van der Waals surface area contributed by atoms with E-state index in [1.165, 1.54) is 0 Å². The number of nitrogens with one attached hydrogen (secondary N) is 1. The highest BCUT2D eigenvalue weighted by Crippen LogP contribution is 2.20. The van der Waals surface area contributed by atoms with Crippen LogP contribution in [0.15, 0.2) is 5.38 Å². The van der Waals surface area contributed by atoms with Crippen molar-refractivity contribution in [3.05, 3.63) is 16.1 Å². The molecule has 1 heterocycles. The standard InChI is InChI=1S/C12H21N3OS/c1-7-6-17-11(14-7)8(2)15-10(16)9(13)12(3,4)5/h6,8-9H,13H2,1-5H3,(H,15,16). The second-order valence-electron chi connectivity index (χ2n) is 5.40. The van der Waals surface area contributed by atoms with E-state index >= 15 is 0 Å². The molecular weight excluding hydrogens is 234 g/mol. The van der Waals surface area contributed by atoms with E-state index < -0.39 is 6.04 Å². The Bertz CT molecular complexity index is 395. The van der Waals surface area contributed by atoms with E-state index in [2.05, 4.69) is 10.3 Å². The summed E-state index contributed by atoms with van der Waals surface area (Å²) in [5.74, 6) is -0.127. The molecule has 96 valence electrons. The summed E-state index contributed by atoms with van der Waals surface area (Å²) in [5, 5.41) is 5.79. The Labute approximate surface area is 107 Å². The maximum atomic E-state index is 11.9. The fourth-order valence-electron chi connectivity index (χ4n) is 1.33. The van der Waals surface area contributed by atoms with Crippen molar-refractivity contribution in [1.82, 2.24) is 10.3 Å². The molecule has 2 atom stereocenters. The molecule has 17 heavy (non-hydrogen) atoms. The number of thiazole rings is 1. The number of nitrogens with zero attached hydrogens (tertiary/aromatic N) is 1. The van der Waals surface area contributed by atoms with Crippen molar-refractivity contribution in [2.24, 2.45) is 11.1 Å². The molecule has 1 aromatic heterocycles. The predicted molar refractivity (Wildman–Crippen MR) is 70.8 cm³/mol. The second kappa shape index (κ2) is 5.14. The van der Waals surface area contributed by atoms with Crippen molar-refractivity contribution in [3.8, 4) is 0 Å². The van der Waals surface area contributed by atoms with Crippen molar-refractivity contribution in [2.75, 3.05) is 0 Å². The Morgan fingerprint density at radius 2 is 2.12 bits per heavy atom. The van der Waals surface area contributed by atoms with Crippen LogP contribution in [0.5, 0.6) is 0 Å². The number of aromatic nitrogens is 1. The van der Waals surface area contributed by atoms with Crippen LogP contribution < -0.4 is 11.1 Å². The molecule has 5 heteroatoms. The Morgan fingerprint density at radius 3 is 2.53 bits per heavy atom. The molecule has 0 aliphatic heterocycles. The topological polar surface area (TPSA) is 68.0 Å². The highest BCUT2D eigenvalue weighted by atomic mass is 32.1. The van der Waals surface area contributed by atoms with Crippen LogP contribution in [-0.4, -0.2) is 16.9 Å². The first-order valence-electron chi connectivity index (χ1n) is 5.70. The summed E-state index contributed by atoms with van der Waals surface area (Å²) in [4.78, 5) is 16.3. The van der Waals surface area contributed by atoms with Gasteiger partial charge in [0.15, 0.2) is 0 Å². The summed E-state index contributed by atoms with van der Waals surface area (Å²) in [6.07, 6.45) is 0. The molecule has 0 saturated carbocycles. The number of carbonyl (C=O) groups is 1. The maximum Gasteiger partial charge on any atom is 0.238 e. The van der Waals surface area contributed by atoms with E-state index in [0.29, 0.717) is 0 Å². The van der Waals surface area contributed by atoms with Gasteiger partial charge < -0.3 is 11.1 Å². The molecule has 0 bridgehead atoms. The van der Waals surface area contributed by atoms with E-state index in [1.54, 1.807) is 11.3 Å². The maximum absolute atomic E-state index is 11.9. The molecule has 0 aliphatic carbocycles. The molecule has 1 rings (SSSR count). The first-order chi connectivity index (χ1) is 7.71. The van der Waals surface area contributed by atoms with Crippen molar-refractivity contribution < 1.29 is 4.79 Å². The van der Waals surface area contributed by atoms with Crippen LogP contribution in [0.3, 0.4) is 0 Å². The minimum Gasteiger partial charge on any atom is -0.346 e. The Morgan fingerprint density at radius 1 is 1.53 bits per heavy atom. The van der Waals surface area contributed by atoms with Gasteiger partial charge >= 0.3 is 0 Å². The third kappa shape index (κ3) is 3.78. The van der Waals surface area contributed by atoms with Crippen LogP contribution in [0.25, 0.3) is 0 Å². The van der Waals surface area contributed by atoms with Crippen LogP contribution in [-0.2, 0) is 4.79 Å². The average Bonchev–Trinajstić information content (AvgIpc) is 2.62. The molecule has 0 saturated heterocycles. The molecule has 0 aliphatic rings. The fourth-order valence-corrected chi connectivity index (χ4v) is 2.13. The molecule has 0 radical (unpaired) electrons. The smallest absolute Gasteiger partial charge is 0.238 e. The highest BCUT2D eigenvalue weighted by molar-refractivity contribution is 7.09. The molecule has 0 spiro atoms. The molecule has 1 amide bonds. The van der Waals surface area contributed by atoms with Gasteiger partial charge in [-0.25, -0.2) is 4.98 Å². The predicted octanol–water partition coefficient (Wildman–Crippen LogP) is 2.00. The third-order valence-electron chi connectivity index (χ3n) is 2.58. The second-order valence-corrected chi connectivity index (χ2v) is 6.29. The lowest BCUT2D eigenvalue weighted by Crippen LogP contribution is -2.49. The Balaban J connectivity index is 2.63. The van der Waals surface area contributed by atoms with Crippen molar-refractivity contribution in [1.29, 1.82) is 0 Å². The molecule has 0 aromatic carbocycles. The molecule has 4 nitrogen and oxygen atoms in total. The quantitative estimate of drug-likeness (QED) is 0.868. The molecule has 1 aromatic rings. The van der Waals surface area contributed by atoms with Gasteiger partial charge in [0.1, 0.15) is 5.01 Å². The van der Waals surface area contributed by atoms with Crippen LogP contribution >= 0.6 is 11.3 Å².